The Hall–Kier alpha value is -4.01. The van der Waals surface area contributed by atoms with Gasteiger partial charge in [0.1, 0.15) is 17.6 Å². The van der Waals surface area contributed by atoms with Crippen LogP contribution in [0.2, 0.25) is 0 Å². The molecule has 0 aliphatic carbocycles. The summed E-state index contributed by atoms with van der Waals surface area (Å²) in [7, 11) is 1.64. The number of benzene rings is 1. The van der Waals surface area contributed by atoms with E-state index in [9.17, 15) is 10.1 Å². The average molecular weight is 483 g/mol. The zero-order valence-corrected chi connectivity index (χ0v) is 21.1. The lowest BCUT2D eigenvalue weighted by atomic mass is 9.76. The predicted octanol–water partition coefficient (Wildman–Crippen LogP) is 4.16. The van der Waals surface area contributed by atoms with Gasteiger partial charge in [-0.05, 0) is 56.9 Å². The fourth-order valence-electron chi connectivity index (χ4n) is 4.19. The summed E-state index contributed by atoms with van der Waals surface area (Å²) in [5.41, 5.74) is 8.64. The molecule has 3 heterocycles. The first-order valence-corrected chi connectivity index (χ1v) is 12.0. The van der Waals surface area contributed by atoms with E-state index in [1.165, 1.54) is 22.6 Å². The van der Waals surface area contributed by atoms with Crippen LogP contribution in [0.1, 0.15) is 55.3 Å². The molecular formula is C27H26N6OS. The lowest BCUT2D eigenvalue weighted by Crippen LogP contribution is -2.52. The number of hydrogen-bond acceptors (Lipinski definition) is 7. The summed E-state index contributed by atoms with van der Waals surface area (Å²) in [6.07, 6.45) is 1.50. The van der Waals surface area contributed by atoms with Crippen molar-refractivity contribution in [3.8, 4) is 29.2 Å². The molecule has 0 radical (unpaired) electrons. The molecule has 0 unspecified atom stereocenters. The zero-order chi connectivity index (χ0) is 25.4. The van der Waals surface area contributed by atoms with E-state index in [0.29, 0.717) is 5.69 Å². The number of thiophene rings is 1. The smallest absolute Gasteiger partial charge is 0.239 e. The Balaban J connectivity index is 1.80. The molecule has 1 amide bonds. The van der Waals surface area contributed by atoms with Crippen LogP contribution in [-0.2, 0) is 15.7 Å². The average Bonchev–Trinajstić information content (AvgIpc) is 3.35. The van der Waals surface area contributed by atoms with Gasteiger partial charge in [0, 0.05) is 22.9 Å². The summed E-state index contributed by atoms with van der Waals surface area (Å²) in [5.74, 6) is 5.26. The molecule has 0 saturated carbocycles. The van der Waals surface area contributed by atoms with Gasteiger partial charge in [-0.1, -0.05) is 30.2 Å². The van der Waals surface area contributed by atoms with Crippen molar-refractivity contribution in [2.75, 3.05) is 7.05 Å². The van der Waals surface area contributed by atoms with E-state index >= 15 is 0 Å². The summed E-state index contributed by atoms with van der Waals surface area (Å²) >= 11 is 1.51. The molecule has 0 fully saturated rings. The van der Waals surface area contributed by atoms with Crippen molar-refractivity contribution < 1.29 is 4.79 Å². The van der Waals surface area contributed by atoms with Crippen LogP contribution in [0, 0.1) is 23.2 Å². The predicted molar refractivity (Wildman–Crippen MR) is 137 cm³/mol. The van der Waals surface area contributed by atoms with Gasteiger partial charge in [0.25, 0.3) is 0 Å². The first kappa shape index (κ1) is 24.1. The van der Waals surface area contributed by atoms with Crippen molar-refractivity contribution in [3.63, 3.8) is 0 Å². The highest BCUT2D eigenvalue weighted by Crippen LogP contribution is 2.47. The van der Waals surface area contributed by atoms with Crippen molar-refractivity contribution in [1.82, 2.24) is 14.9 Å². The highest BCUT2D eigenvalue weighted by atomic mass is 32.1. The van der Waals surface area contributed by atoms with Crippen LogP contribution in [-0.4, -0.2) is 33.8 Å². The molecule has 2 aromatic heterocycles. The Morgan fingerprint density at radius 1 is 1.20 bits per heavy atom. The molecule has 0 spiro atoms. The number of guanidine groups is 1. The van der Waals surface area contributed by atoms with Crippen LogP contribution in [0.5, 0.6) is 0 Å². The zero-order valence-electron chi connectivity index (χ0n) is 20.3. The molecule has 0 bridgehead atoms. The molecule has 2 atom stereocenters. The molecule has 1 aliphatic rings. The molecule has 7 nitrogen and oxygen atoms in total. The second-order valence-electron chi connectivity index (χ2n) is 9.17. The quantitative estimate of drug-likeness (QED) is 0.562. The number of aliphatic imine (C=N–C) groups is 1. The summed E-state index contributed by atoms with van der Waals surface area (Å²) in [6, 6.07) is 13.8. The van der Waals surface area contributed by atoms with Gasteiger partial charge in [0.05, 0.1) is 23.1 Å². The van der Waals surface area contributed by atoms with E-state index in [4.69, 9.17) is 10.7 Å². The number of carbonyl (C=O) groups excluding carboxylic acids is 1. The number of carbonyl (C=O) groups is 1. The van der Waals surface area contributed by atoms with Gasteiger partial charge < -0.3 is 5.73 Å². The SMILES string of the molecule is CC#Cc1cc(-c2csc([C@@]3(C)N=C(N)N(C)C(=O)[C@H]3c3ccc(C(C)(C)C#N)cc3)c2)ncn1. The summed E-state index contributed by atoms with van der Waals surface area (Å²) in [4.78, 5) is 29.2. The highest BCUT2D eigenvalue weighted by Gasteiger charge is 2.48. The van der Waals surface area contributed by atoms with Gasteiger partial charge in [0.2, 0.25) is 5.91 Å². The van der Waals surface area contributed by atoms with Crippen LogP contribution in [0.25, 0.3) is 11.3 Å². The minimum Gasteiger partial charge on any atom is -0.369 e. The van der Waals surface area contributed by atoms with E-state index in [1.807, 2.05) is 62.5 Å². The fraction of sp³-hybridized carbons (Fsp3) is 0.296. The van der Waals surface area contributed by atoms with Gasteiger partial charge >= 0.3 is 0 Å². The topological polar surface area (TPSA) is 108 Å². The monoisotopic (exact) mass is 482 g/mol. The maximum absolute atomic E-state index is 13.5. The van der Waals surface area contributed by atoms with Crippen molar-refractivity contribution in [2.45, 2.75) is 44.6 Å². The number of amides is 1. The van der Waals surface area contributed by atoms with E-state index in [-0.39, 0.29) is 11.9 Å². The van der Waals surface area contributed by atoms with Crippen LogP contribution in [0.4, 0.5) is 0 Å². The van der Waals surface area contributed by atoms with E-state index in [1.54, 1.807) is 14.0 Å². The van der Waals surface area contributed by atoms with Crippen LogP contribution >= 0.6 is 11.3 Å². The number of likely N-dealkylation sites (N-methyl/N-ethyl adjacent to an activating group) is 1. The first-order chi connectivity index (χ1) is 16.6. The fourth-order valence-corrected chi connectivity index (χ4v) is 5.23. The number of hydrogen-bond donors (Lipinski definition) is 1. The number of nitrogens with zero attached hydrogens (tertiary/aromatic N) is 5. The molecule has 8 heteroatoms. The minimum atomic E-state index is -0.915. The van der Waals surface area contributed by atoms with Crippen molar-refractivity contribution in [3.05, 3.63) is 69.8 Å². The van der Waals surface area contributed by atoms with Crippen LogP contribution < -0.4 is 5.73 Å². The highest BCUT2D eigenvalue weighted by molar-refractivity contribution is 7.10. The van der Waals surface area contributed by atoms with Crippen LogP contribution in [0.3, 0.4) is 0 Å². The minimum absolute atomic E-state index is 0.134. The van der Waals surface area contributed by atoms with Gasteiger partial charge in [-0.2, -0.15) is 5.26 Å². The molecular weight excluding hydrogens is 456 g/mol. The Kier molecular flexibility index (Phi) is 6.19. The molecule has 35 heavy (non-hydrogen) atoms. The maximum atomic E-state index is 13.5. The molecule has 1 aliphatic heterocycles. The third kappa shape index (κ3) is 4.29. The second-order valence-corrected chi connectivity index (χ2v) is 10.1. The molecule has 0 saturated heterocycles. The van der Waals surface area contributed by atoms with Crippen LogP contribution in [0.15, 0.2) is 53.1 Å². The second kappa shape index (κ2) is 8.98. The largest absolute Gasteiger partial charge is 0.369 e. The summed E-state index contributed by atoms with van der Waals surface area (Å²) in [5, 5.41) is 11.5. The molecule has 176 valence electrons. The standard InChI is InChI=1S/C27H26N6OS/c1-6-7-20-13-21(31-16-30-20)18-12-22(35-14-18)27(4)23(24(34)33(5)25(29)32-27)17-8-10-19(11-9-17)26(2,3)15-28/h8-14,16,23H,1-5H3,(H2,29,32)/t23-,27-/m1/s1. The number of aromatic nitrogens is 2. The molecule has 1 aromatic carbocycles. The molecule has 2 N–H and O–H groups in total. The van der Waals surface area contributed by atoms with Gasteiger partial charge in [0.15, 0.2) is 5.96 Å². The lowest BCUT2D eigenvalue weighted by Gasteiger charge is -2.40. The summed E-state index contributed by atoms with van der Waals surface area (Å²) < 4.78 is 0. The molecule has 4 rings (SSSR count). The van der Waals surface area contributed by atoms with Crippen molar-refractivity contribution in [2.24, 2.45) is 10.7 Å². The Morgan fingerprint density at radius 2 is 1.91 bits per heavy atom. The third-order valence-electron chi connectivity index (χ3n) is 6.39. The first-order valence-electron chi connectivity index (χ1n) is 11.1. The van der Waals surface area contributed by atoms with Gasteiger partial charge in [-0.15, -0.1) is 11.3 Å². The Bertz CT molecular complexity index is 1420. The Labute approximate surface area is 209 Å². The molecule has 3 aromatic rings. The van der Waals surface area contributed by atoms with E-state index < -0.39 is 16.9 Å². The number of nitriles is 1. The number of nitrogens with two attached hydrogens (primary N) is 1. The van der Waals surface area contributed by atoms with Crippen molar-refractivity contribution in [1.29, 1.82) is 5.26 Å². The third-order valence-corrected chi connectivity index (χ3v) is 7.55. The maximum Gasteiger partial charge on any atom is 0.239 e. The van der Waals surface area contributed by atoms with E-state index in [0.717, 1.165) is 27.3 Å². The van der Waals surface area contributed by atoms with Crippen molar-refractivity contribution >= 4 is 23.2 Å². The number of rotatable bonds is 4. The van der Waals surface area contributed by atoms with Gasteiger partial charge in [-0.25, -0.2) is 15.0 Å². The normalized spacial score (nSPS) is 20.0. The van der Waals surface area contributed by atoms with Gasteiger partial charge in [-0.3, -0.25) is 9.69 Å². The van der Waals surface area contributed by atoms with E-state index in [2.05, 4.69) is 27.9 Å². The lowest BCUT2D eigenvalue weighted by molar-refractivity contribution is -0.130. The Morgan fingerprint density at radius 3 is 2.57 bits per heavy atom. The summed E-state index contributed by atoms with van der Waals surface area (Å²) in [6.45, 7) is 7.44.